The minimum absolute atomic E-state index is 0.313. The van der Waals surface area contributed by atoms with Gasteiger partial charge in [0.25, 0.3) is 0 Å². The molecule has 0 fully saturated rings. The average Bonchev–Trinajstić information content (AvgIpc) is 2.38. The van der Waals surface area contributed by atoms with Crippen molar-refractivity contribution in [3.63, 3.8) is 0 Å². The van der Waals surface area contributed by atoms with Gasteiger partial charge in [-0.05, 0) is 19.5 Å². The van der Waals surface area contributed by atoms with E-state index < -0.39 is 11.6 Å². The van der Waals surface area contributed by atoms with Gasteiger partial charge in [-0.3, -0.25) is 0 Å². The summed E-state index contributed by atoms with van der Waals surface area (Å²) in [5.74, 6) is -1.62. The lowest BCUT2D eigenvalue weighted by molar-refractivity contribution is 0.109. The molecule has 102 valence electrons. The van der Waals surface area contributed by atoms with Gasteiger partial charge in [0.05, 0.1) is 12.6 Å². The molecule has 1 aromatic carbocycles. The Morgan fingerprint density at radius 1 is 1.28 bits per heavy atom. The normalized spacial score (nSPS) is 12.7. The van der Waals surface area contributed by atoms with E-state index in [2.05, 4.69) is 12.2 Å². The Morgan fingerprint density at radius 3 is 2.72 bits per heavy atom. The number of likely N-dealkylation sites (N-methyl/N-ethyl adjacent to an activating group) is 1. The standard InChI is InChI=1S/C14H21F2NO/c1-3-4-5-9-18-10-13(17-2)11-7-6-8-12(15)14(11)16/h6-8,13,17H,3-5,9-10H2,1-2H3. The number of nitrogens with one attached hydrogen (secondary N) is 1. The highest BCUT2D eigenvalue weighted by atomic mass is 19.2. The van der Waals surface area contributed by atoms with Crippen molar-refractivity contribution in [2.24, 2.45) is 0 Å². The largest absolute Gasteiger partial charge is 0.379 e. The molecule has 0 bridgehead atoms. The van der Waals surface area contributed by atoms with Gasteiger partial charge in [0.15, 0.2) is 11.6 Å². The fraction of sp³-hybridized carbons (Fsp3) is 0.571. The fourth-order valence-corrected chi connectivity index (χ4v) is 1.77. The number of unbranched alkanes of at least 4 members (excludes halogenated alkanes) is 2. The van der Waals surface area contributed by atoms with Crippen LogP contribution < -0.4 is 5.32 Å². The molecule has 1 unspecified atom stereocenters. The minimum atomic E-state index is -0.821. The summed E-state index contributed by atoms with van der Waals surface area (Å²) in [6.45, 7) is 3.13. The number of hydrogen-bond acceptors (Lipinski definition) is 2. The number of rotatable bonds is 8. The maximum absolute atomic E-state index is 13.6. The molecule has 1 rings (SSSR count). The second-order valence-corrected chi connectivity index (χ2v) is 4.27. The van der Waals surface area contributed by atoms with E-state index in [4.69, 9.17) is 4.74 Å². The molecule has 0 saturated heterocycles. The molecule has 0 aliphatic carbocycles. The van der Waals surface area contributed by atoms with E-state index in [1.807, 2.05) is 0 Å². The summed E-state index contributed by atoms with van der Waals surface area (Å²) in [4.78, 5) is 0. The number of hydrogen-bond donors (Lipinski definition) is 1. The molecule has 0 heterocycles. The molecular weight excluding hydrogens is 236 g/mol. The molecule has 0 aliphatic heterocycles. The van der Waals surface area contributed by atoms with E-state index in [0.29, 0.717) is 18.8 Å². The Labute approximate surface area is 107 Å². The molecule has 1 atom stereocenters. The zero-order valence-corrected chi connectivity index (χ0v) is 11.0. The first-order valence-electron chi connectivity index (χ1n) is 6.39. The summed E-state index contributed by atoms with van der Waals surface area (Å²) in [6.07, 6.45) is 3.26. The highest BCUT2D eigenvalue weighted by Crippen LogP contribution is 2.19. The maximum atomic E-state index is 13.6. The number of ether oxygens (including phenoxy) is 1. The number of halogens is 2. The zero-order valence-electron chi connectivity index (χ0n) is 11.0. The van der Waals surface area contributed by atoms with Crippen LogP contribution in [0.5, 0.6) is 0 Å². The summed E-state index contributed by atoms with van der Waals surface area (Å²) >= 11 is 0. The van der Waals surface area contributed by atoms with Crippen LogP contribution in [-0.4, -0.2) is 20.3 Å². The van der Waals surface area contributed by atoms with Crippen LogP contribution in [0.4, 0.5) is 8.78 Å². The molecule has 0 aliphatic rings. The SMILES string of the molecule is CCCCCOCC(NC)c1cccc(F)c1F. The Hall–Kier alpha value is -1.00. The van der Waals surface area contributed by atoms with Gasteiger partial charge in [-0.1, -0.05) is 31.9 Å². The Balaban J connectivity index is 2.52. The van der Waals surface area contributed by atoms with Gasteiger partial charge in [0, 0.05) is 12.2 Å². The number of benzene rings is 1. The Kier molecular flexibility index (Phi) is 6.83. The van der Waals surface area contributed by atoms with Crippen molar-refractivity contribution >= 4 is 0 Å². The first kappa shape index (κ1) is 15.1. The summed E-state index contributed by atoms with van der Waals surface area (Å²) in [7, 11) is 1.71. The van der Waals surface area contributed by atoms with Crippen LogP contribution in [0.1, 0.15) is 37.8 Å². The molecule has 18 heavy (non-hydrogen) atoms. The smallest absolute Gasteiger partial charge is 0.163 e. The van der Waals surface area contributed by atoms with Gasteiger partial charge in [-0.25, -0.2) is 8.78 Å². The summed E-state index contributed by atoms with van der Waals surface area (Å²) in [5.41, 5.74) is 0.313. The van der Waals surface area contributed by atoms with Crippen molar-refractivity contribution in [3.05, 3.63) is 35.4 Å². The summed E-state index contributed by atoms with van der Waals surface area (Å²) < 4.78 is 32.2. The van der Waals surface area contributed by atoms with E-state index in [1.54, 1.807) is 13.1 Å². The molecule has 2 nitrogen and oxygen atoms in total. The van der Waals surface area contributed by atoms with Crippen molar-refractivity contribution in [1.82, 2.24) is 5.32 Å². The van der Waals surface area contributed by atoms with Gasteiger partial charge in [-0.15, -0.1) is 0 Å². The molecule has 0 saturated carbocycles. The van der Waals surface area contributed by atoms with Gasteiger partial charge >= 0.3 is 0 Å². The Bertz CT molecular complexity index is 358. The van der Waals surface area contributed by atoms with Gasteiger partial charge in [0.1, 0.15) is 0 Å². The van der Waals surface area contributed by atoms with Crippen LogP contribution in [0.2, 0.25) is 0 Å². The van der Waals surface area contributed by atoms with E-state index in [0.717, 1.165) is 25.3 Å². The van der Waals surface area contributed by atoms with Crippen LogP contribution in [0.25, 0.3) is 0 Å². The van der Waals surface area contributed by atoms with Crippen molar-refractivity contribution in [2.75, 3.05) is 20.3 Å². The lowest BCUT2D eigenvalue weighted by Crippen LogP contribution is -2.23. The third-order valence-electron chi connectivity index (χ3n) is 2.88. The second kappa shape index (κ2) is 8.16. The Morgan fingerprint density at radius 2 is 2.06 bits per heavy atom. The molecule has 0 spiro atoms. The minimum Gasteiger partial charge on any atom is -0.379 e. The van der Waals surface area contributed by atoms with Crippen LogP contribution in [-0.2, 0) is 4.74 Å². The van der Waals surface area contributed by atoms with Gasteiger partial charge < -0.3 is 10.1 Å². The van der Waals surface area contributed by atoms with Crippen LogP contribution in [0.3, 0.4) is 0 Å². The first-order valence-corrected chi connectivity index (χ1v) is 6.39. The highest BCUT2D eigenvalue weighted by molar-refractivity contribution is 5.22. The van der Waals surface area contributed by atoms with Crippen molar-refractivity contribution < 1.29 is 13.5 Å². The molecule has 0 radical (unpaired) electrons. The van der Waals surface area contributed by atoms with Gasteiger partial charge in [0.2, 0.25) is 0 Å². The molecule has 4 heteroatoms. The predicted molar refractivity (Wildman–Crippen MR) is 68.5 cm³/mol. The predicted octanol–water partition coefficient (Wildman–Crippen LogP) is 3.43. The summed E-state index contributed by atoms with van der Waals surface area (Å²) in [5, 5.41) is 2.95. The van der Waals surface area contributed by atoms with Crippen LogP contribution >= 0.6 is 0 Å². The summed E-state index contributed by atoms with van der Waals surface area (Å²) in [6, 6.07) is 3.89. The monoisotopic (exact) mass is 257 g/mol. The quantitative estimate of drug-likeness (QED) is 0.720. The highest BCUT2D eigenvalue weighted by Gasteiger charge is 2.16. The van der Waals surface area contributed by atoms with E-state index >= 15 is 0 Å². The third-order valence-corrected chi connectivity index (χ3v) is 2.88. The van der Waals surface area contributed by atoms with E-state index in [-0.39, 0.29) is 6.04 Å². The average molecular weight is 257 g/mol. The molecule has 1 N–H and O–H groups in total. The molecule has 1 aromatic rings. The molecule has 0 amide bonds. The maximum Gasteiger partial charge on any atom is 0.163 e. The van der Waals surface area contributed by atoms with Crippen molar-refractivity contribution in [2.45, 2.75) is 32.2 Å². The van der Waals surface area contributed by atoms with Crippen LogP contribution in [0.15, 0.2) is 18.2 Å². The van der Waals surface area contributed by atoms with Crippen LogP contribution in [0, 0.1) is 11.6 Å². The van der Waals surface area contributed by atoms with Gasteiger partial charge in [-0.2, -0.15) is 0 Å². The van der Waals surface area contributed by atoms with Crippen molar-refractivity contribution in [3.8, 4) is 0 Å². The molecular formula is C14H21F2NO. The lowest BCUT2D eigenvalue weighted by atomic mass is 10.1. The second-order valence-electron chi connectivity index (χ2n) is 4.27. The fourth-order valence-electron chi connectivity index (χ4n) is 1.77. The third kappa shape index (κ3) is 4.35. The topological polar surface area (TPSA) is 21.3 Å². The zero-order chi connectivity index (χ0) is 13.4. The van der Waals surface area contributed by atoms with E-state index in [1.165, 1.54) is 6.07 Å². The van der Waals surface area contributed by atoms with E-state index in [9.17, 15) is 8.78 Å². The molecule has 0 aromatic heterocycles. The first-order chi connectivity index (χ1) is 8.70. The van der Waals surface area contributed by atoms with Crippen molar-refractivity contribution in [1.29, 1.82) is 0 Å². The lowest BCUT2D eigenvalue weighted by Gasteiger charge is -2.17.